The number of hydrogen-bond donors (Lipinski definition) is 1. The van der Waals surface area contributed by atoms with Crippen LogP contribution in [-0.2, 0) is 19.2 Å². The zero-order valence-electron chi connectivity index (χ0n) is 23.6. The second kappa shape index (κ2) is 9.81. The van der Waals surface area contributed by atoms with Crippen LogP contribution in [0.1, 0.15) is 31.2 Å². The highest BCUT2D eigenvalue weighted by Gasteiger charge is 2.68. The van der Waals surface area contributed by atoms with Gasteiger partial charge >= 0.3 is 0 Å². The summed E-state index contributed by atoms with van der Waals surface area (Å²) in [7, 11) is 1.45. The number of ether oxygens (including phenoxy) is 1. The molecule has 3 aromatic carbocycles. The number of phenolic OH excluding ortho intramolecular Hbond substituents is 1. The lowest BCUT2D eigenvalue weighted by Gasteiger charge is -2.49. The van der Waals surface area contributed by atoms with E-state index >= 15 is 0 Å². The van der Waals surface area contributed by atoms with Crippen LogP contribution >= 0.6 is 11.6 Å². The van der Waals surface area contributed by atoms with E-state index in [0.29, 0.717) is 28.4 Å². The van der Waals surface area contributed by atoms with Gasteiger partial charge in [0.2, 0.25) is 23.6 Å². The van der Waals surface area contributed by atoms with Crippen LogP contribution in [0.3, 0.4) is 0 Å². The quantitative estimate of drug-likeness (QED) is 0.316. The fourth-order valence-corrected chi connectivity index (χ4v) is 8.09. The molecule has 8 nitrogen and oxygen atoms in total. The standard InChI is InChI=1S/C34H29ClN2O6/c1-34-25(31(40)37(33(34)42)19-7-4-3-5-8-19)17-24-21(28(34)23-9-6-10-26(43-2)29(23)38)15-16-22-27(24)32(41)36(30(22)39)20-13-11-18(35)12-14-20/h3-15,22,24-25,27-28,38H,16-17H2,1-2H3/t22-,24+,25-,27-,28+,34+/m0/s1. The molecule has 6 atom stereocenters. The lowest BCUT2D eigenvalue weighted by molar-refractivity contribution is -0.131. The average Bonchev–Trinajstić information content (AvgIpc) is 3.38. The number of methoxy groups -OCH3 is 1. The SMILES string of the molecule is COc1cccc([C@H]2C3=CC[C@@H]4C(=O)N(c5ccc(Cl)cc5)C(=O)[C@@H]4[C@@H]3C[C@H]3C(=O)N(c4ccccc4)C(=O)[C@@]23C)c1O. The first-order valence-corrected chi connectivity index (χ1v) is 14.7. The molecule has 9 heteroatoms. The van der Waals surface area contributed by atoms with Gasteiger partial charge in [0, 0.05) is 16.5 Å². The van der Waals surface area contributed by atoms with Gasteiger partial charge in [0.05, 0.1) is 41.7 Å². The van der Waals surface area contributed by atoms with Crippen molar-refractivity contribution < 1.29 is 29.0 Å². The summed E-state index contributed by atoms with van der Waals surface area (Å²) < 4.78 is 5.42. The number of benzene rings is 3. The Hall–Kier alpha value is -4.43. The first-order chi connectivity index (χ1) is 20.7. The molecule has 0 bridgehead atoms. The fraction of sp³-hybridized carbons (Fsp3) is 0.294. The third kappa shape index (κ3) is 3.75. The van der Waals surface area contributed by atoms with Crippen LogP contribution in [0.5, 0.6) is 11.5 Å². The van der Waals surface area contributed by atoms with Crippen LogP contribution in [0.15, 0.2) is 84.4 Å². The number of amides is 4. The molecule has 2 aliphatic heterocycles. The van der Waals surface area contributed by atoms with Crippen molar-refractivity contribution in [1.29, 1.82) is 0 Å². The van der Waals surface area contributed by atoms with Crippen molar-refractivity contribution in [2.24, 2.45) is 29.1 Å². The minimum absolute atomic E-state index is 0.117. The number of carbonyl (C=O) groups is 4. The summed E-state index contributed by atoms with van der Waals surface area (Å²) in [6.45, 7) is 1.79. The highest BCUT2D eigenvalue weighted by molar-refractivity contribution is 6.31. The summed E-state index contributed by atoms with van der Waals surface area (Å²) in [4.78, 5) is 58.9. The number of imide groups is 2. The number of aromatic hydroxyl groups is 1. The lowest BCUT2D eigenvalue weighted by atomic mass is 9.51. The molecule has 0 aromatic heterocycles. The number of nitrogens with zero attached hydrogens (tertiary/aromatic N) is 2. The molecule has 218 valence electrons. The number of rotatable bonds is 4. The number of fused-ring (bicyclic) bond motifs is 4. The molecule has 0 radical (unpaired) electrons. The number of anilines is 2. The number of carbonyl (C=O) groups excluding carboxylic acids is 4. The van der Waals surface area contributed by atoms with E-state index in [9.17, 15) is 24.3 Å². The highest BCUT2D eigenvalue weighted by Crippen LogP contribution is 2.64. The molecule has 4 aliphatic rings. The fourth-order valence-electron chi connectivity index (χ4n) is 7.96. The van der Waals surface area contributed by atoms with Gasteiger partial charge in [-0.2, -0.15) is 0 Å². The van der Waals surface area contributed by atoms with Gasteiger partial charge in [-0.3, -0.25) is 24.1 Å². The number of phenols is 1. The van der Waals surface area contributed by atoms with E-state index < -0.39 is 35.0 Å². The number of halogens is 1. The van der Waals surface area contributed by atoms with Gasteiger partial charge in [-0.1, -0.05) is 53.6 Å². The van der Waals surface area contributed by atoms with Crippen LogP contribution in [0.4, 0.5) is 11.4 Å². The van der Waals surface area contributed by atoms with Gasteiger partial charge in [0.15, 0.2) is 11.5 Å². The molecule has 1 saturated carbocycles. The average molecular weight is 597 g/mol. The lowest BCUT2D eigenvalue weighted by Crippen LogP contribution is -2.48. The number of para-hydroxylation sites is 2. The Morgan fingerprint density at radius 1 is 0.837 bits per heavy atom. The molecule has 1 N–H and O–H groups in total. The summed E-state index contributed by atoms with van der Waals surface area (Å²) in [5, 5.41) is 11.9. The molecule has 2 saturated heterocycles. The van der Waals surface area contributed by atoms with Gasteiger partial charge in [0.25, 0.3) is 0 Å². The van der Waals surface area contributed by atoms with Gasteiger partial charge < -0.3 is 9.84 Å². The van der Waals surface area contributed by atoms with Crippen LogP contribution in [0, 0.1) is 29.1 Å². The molecule has 0 unspecified atom stereocenters. The molecule has 3 fully saturated rings. The molecular weight excluding hydrogens is 568 g/mol. The van der Waals surface area contributed by atoms with E-state index in [1.165, 1.54) is 16.9 Å². The molecule has 2 aliphatic carbocycles. The highest BCUT2D eigenvalue weighted by atomic mass is 35.5. The topological polar surface area (TPSA) is 104 Å². The Labute approximate surface area is 253 Å². The second-order valence-corrected chi connectivity index (χ2v) is 12.3. The molecule has 0 spiro atoms. The van der Waals surface area contributed by atoms with Gasteiger partial charge in [0.1, 0.15) is 0 Å². The summed E-state index contributed by atoms with van der Waals surface area (Å²) in [5.74, 6) is -4.53. The minimum atomic E-state index is -1.26. The Balaban J connectivity index is 1.39. The Bertz CT molecular complexity index is 1720. The summed E-state index contributed by atoms with van der Waals surface area (Å²) in [6.07, 6.45) is 2.49. The van der Waals surface area contributed by atoms with Crippen molar-refractivity contribution in [3.63, 3.8) is 0 Å². The van der Waals surface area contributed by atoms with E-state index in [2.05, 4.69) is 0 Å². The van der Waals surface area contributed by atoms with Gasteiger partial charge in [-0.15, -0.1) is 0 Å². The van der Waals surface area contributed by atoms with Crippen LogP contribution in [-0.4, -0.2) is 35.8 Å². The van der Waals surface area contributed by atoms with Crippen molar-refractivity contribution in [2.45, 2.75) is 25.7 Å². The van der Waals surface area contributed by atoms with E-state index in [4.69, 9.17) is 16.3 Å². The monoisotopic (exact) mass is 596 g/mol. The zero-order valence-corrected chi connectivity index (χ0v) is 24.3. The third-order valence-corrected chi connectivity index (χ3v) is 10.2. The van der Waals surface area contributed by atoms with E-state index in [-0.39, 0.29) is 41.5 Å². The van der Waals surface area contributed by atoms with Crippen molar-refractivity contribution in [2.75, 3.05) is 16.9 Å². The van der Waals surface area contributed by atoms with Gasteiger partial charge in [-0.05, 0) is 68.1 Å². The molecule has 43 heavy (non-hydrogen) atoms. The van der Waals surface area contributed by atoms with Crippen molar-refractivity contribution >= 4 is 46.6 Å². The smallest absolute Gasteiger partial charge is 0.241 e. The maximum atomic E-state index is 14.4. The second-order valence-electron chi connectivity index (χ2n) is 11.9. The molecule has 7 rings (SSSR count). The van der Waals surface area contributed by atoms with Crippen molar-refractivity contribution in [3.8, 4) is 11.5 Å². The predicted octanol–water partition coefficient (Wildman–Crippen LogP) is 5.49. The summed E-state index contributed by atoms with van der Waals surface area (Å²) in [6, 6.07) is 20.5. The van der Waals surface area contributed by atoms with Crippen molar-refractivity contribution in [3.05, 3.63) is 95.0 Å². The first kappa shape index (κ1) is 27.4. The van der Waals surface area contributed by atoms with Gasteiger partial charge in [-0.25, -0.2) is 4.90 Å². The third-order valence-electron chi connectivity index (χ3n) is 9.94. The first-order valence-electron chi connectivity index (χ1n) is 14.3. The number of hydrogen-bond acceptors (Lipinski definition) is 6. The van der Waals surface area contributed by atoms with E-state index in [1.807, 2.05) is 12.1 Å². The maximum absolute atomic E-state index is 14.4. The molecular formula is C34H29ClN2O6. The van der Waals surface area contributed by atoms with E-state index in [1.54, 1.807) is 73.7 Å². The summed E-state index contributed by atoms with van der Waals surface area (Å²) in [5.41, 5.74) is 0.897. The van der Waals surface area contributed by atoms with Crippen molar-refractivity contribution in [1.82, 2.24) is 0 Å². The maximum Gasteiger partial charge on any atom is 0.241 e. The Morgan fingerprint density at radius 2 is 1.53 bits per heavy atom. The van der Waals surface area contributed by atoms with Crippen LogP contribution < -0.4 is 14.5 Å². The van der Waals surface area contributed by atoms with Crippen LogP contribution in [0.2, 0.25) is 5.02 Å². The molecule has 2 heterocycles. The zero-order chi connectivity index (χ0) is 30.2. The normalized spacial score (nSPS) is 29.7. The van der Waals surface area contributed by atoms with Crippen LogP contribution in [0.25, 0.3) is 0 Å². The number of allylic oxidation sites excluding steroid dienone is 2. The van der Waals surface area contributed by atoms with E-state index in [0.717, 1.165) is 5.57 Å². The molecule has 3 aromatic rings. The predicted molar refractivity (Wildman–Crippen MR) is 160 cm³/mol. The Kier molecular flexibility index (Phi) is 6.25. The minimum Gasteiger partial charge on any atom is -0.504 e. The molecule has 4 amide bonds. The summed E-state index contributed by atoms with van der Waals surface area (Å²) >= 11 is 6.07. The largest absolute Gasteiger partial charge is 0.504 e. The Morgan fingerprint density at radius 3 is 2.23 bits per heavy atom.